The number of benzene rings is 2. The van der Waals surface area contributed by atoms with Crippen molar-refractivity contribution in [1.29, 1.82) is 0 Å². The molecular formula is C20H20N2. The average molecular weight is 288 g/mol. The Morgan fingerprint density at radius 3 is 2.77 bits per heavy atom. The summed E-state index contributed by atoms with van der Waals surface area (Å²) in [6.45, 7) is 1.06. The van der Waals surface area contributed by atoms with E-state index in [-0.39, 0.29) is 0 Å². The van der Waals surface area contributed by atoms with Gasteiger partial charge in [0, 0.05) is 18.9 Å². The highest BCUT2D eigenvalue weighted by atomic mass is 15.0. The second kappa shape index (κ2) is 5.80. The summed E-state index contributed by atoms with van der Waals surface area (Å²) in [5, 5.41) is 0. The first-order valence-electron chi connectivity index (χ1n) is 8.06. The molecule has 0 bridgehead atoms. The number of hydrogen-bond donors (Lipinski definition) is 0. The molecule has 1 aliphatic rings. The van der Waals surface area contributed by atoms with Gasteiger partial charge in [0.1, 0.15) is 0 Å². The summed E-state index contributed by atoms with van der Waals surface area (Å²) in [4.78, 5) is 4.08. The second-order valence-electron chi connectivity index (χ2n) is 6.08. The highest BCUT2D eigenvalue weighted by Crippen LogP contribution is 2.36. The first-order valence-corrected chi connectivity index (χ1v) is 8.06. The lowest BCUT2D eigenvalue weighted by molar-refractivity contribution is 0.609. The molecule has 0 amide bonds. The number of aryl methyl sites for hydroxylation is 2. The average Bonchev–Trinajstić information content (AvgIpc) is 3.19. The normalized spacial score (nSPS) is 12.2. The predicted octanol–water partition coefficient (Wildman–Crippen LogP) is 4.48. The van der Waals surface area contributed by atoms with Gasteiger partial charge in [-0.05, 0) is 53.5 Å². The highest BCUT2D eigenvalue weighted by Gasteiger charge is 2.17. The Balaban J connectivity index is 1.42. The summed E-state index contributed by atoms with van der Waals surface area (Å²) in [6, 6.07) is 15.8. The fourth-order valence-corrected chi connectivity index (χ4v) is 3.37. The van der Waals surface area contributed by atoms with Crippen molar-refractivity contribution in [2.75, 3.05) is 0 Å². The maximum absolute atomic E-state index is 4.08. The molecule has 0 saturated carbocycles. The van der Waals surface area contributed by atoms with Crippen LogP contribution in [0.5, 0.6) is 0 Å². The minimum Gasteiger partial charge on any atom is -0.337 e. The molecule has 1 aliphatic carbocycles. The van der Waals surface area contributed by atoms with Crippen LogP contribution in [0.3, 0.4) is 0 Å². The number of imidazole rings is 1. The van der Waals surface area contributed by atoms with Crippen LogP contribution in [0.15, 0.2) is 61.2 Å². The maximum atomic E-state index is 4.08. The predicted molar refractivity (Wildman–Crippen MR) is 89.8 cm³/mol. The van der Waals surface area contributed by atoms with E-state index in [2.05, 4.69) is 52.0 Å². The van der Waals surface area contributed by atoms with Gasteiger partial charge in [-0.2, -0.15) is 0 Å². The molecule has 0 N–H and O–H groups in total. The third-order valence-corrected chi connectivity index (χ3v) is 4.55. The molecule has 2 aromatic carbocycles. The van der Waals surface area contributed by atoms with Crippen LogP contribution in [0.1, 0.15) is 29.5 Å². The third-order valence-electron chi connectivity index (χ3n) is 4.55. The quantitative estimate of drug-likeness (QED) is 0.495. The zero-order valence-corrected chi connectivity index (χ0v) is 12.7. The summed E-state index contributed by atoms with van der Waals surface area (Å²) in [5.41, 5.74) is 7.28. The number of unbranched alkanes of at least 4 members (excludes halogenated alkanes) is 1. The first kappa shape index (κ1) is 13.3. The number of fused-ring (bicyclic) bond motifs is 3. The van der Waals surface area contributed by atoms with E-state index < -0.39 is 0 Å². The van der Waals surface area contributed by atoms with Crippen molar-refractivity contribution in [1.82, 2.24) is 9.55 Å². The Morgan fingerprint density at radius 1 is 0.955 bits per heavy atom. The van der Waals surface area contributed by atoms with Gasteiger partial charge in [-0.25, -0.2) is 4.98 Å². The third kappa shape index (κ3) is 2.57. The van der Waals surface area contributed by atoms with Gasteiger partial charge in [0.2, 0.25) is 0 Å². The zero-order valence-electron chi connectivity index (χ0n) is 12.7. The number of hydrogen-bond acceptors (Lipinski definition) is 1. The topological polar surface area (TPSA) is 17.8 Å². The van der Waals surface area contributed by atoms with Crippen LogP contribution in [0.25, 0.3) is 11.1 Å². The fourth-order valence-electron chi connectivity index (χ4n) is 3.37. The van der Waals surface area contributed by atoms with Gasteiger partial charge >= 0.3 is 0 Å². The molecule has 1 heterocycles. The van der Waals surface area contributed by atoms with Gasteiger partial charge in [-0.1, -0.05) is 42.5 Å². The molecule has 0 fully saturated rings. The van der Waals surface area contributed by atoms with Crippen molar-refractivity contribution < 1.29 is 0 Å². The van der Waals surface area contributed by atoms with Crippen LogP contribution in [0.4, 0.5) is 0 Å². The number of nitrogens with zero attached hydrogens (tertiary/aromatic N) is 2. The standard InChI is InChI=1S/C20H20N2/c1-2-7-19-17(6-1)14-18-9-8-16(13-20(18)19)5-3-4-11-22-12-10-21-15-22/h1-2,6-10,12-13,15H,3-5,11,14H2. The Bertz CT molecular complexity index is 772. The van der Waals surface area contributed by atoms with Crippen molar-refractivity contribution >= 4 is 0 Å². The molecule has 22 heavy (non-hydrogen) atoms. The van der Waals surface area contributed by atoms with Crippen LogP contribution >= 0.6 is 0 Å². The summed E-state index contributed by atoms with van der Waals surface area (Å²) >= 11 is 0. The van der Waals surface area contributed by atoms with E-state index in [9.17, 15) is 0 Å². The zero-order chi connectivity index (χ0) is 14.8. The Labute approximate surface area is 131 Å². The van der Waals surface area contributed by atoms with Crippen LogP contribution in [-0.2, 0) is 19.4 Å². The van der Waals surface area contributed by atoms with Gasteiger partial charge in [0.05, 0.1) is 6.33 Å². The van der Waals surface area contributed by atoms with E-state index in [0.29, 0.717) is 0 Å². The van der Waals surface area contributed by atoms with Gasteiger partial charge in [-0.15, -0.1) is 0 Å². The lowest BCUT2D eigenvalue weighted by Crippen LogP contribution is -1.95. The van der Waals surface area contributed by atoms with E-state index in [1.54, 1.807) is 0 Å². The van der Waals surface area contributed by atoms with Gasteiger partial charge in [0.15, 0.2) is 0 Å². The number of rotatable bonds is 5. The monoisotopic (exact) mass is 288 g/mol. The maximum Gasteiger partial charge on any atom is 0.0945 e. The lowest BCUT2D eigenvalue weighted by Gasteiger charge is -2.06. The van der Waals surface area contributed by atoms with E-state index in [1.807, 2.05) is 18.7 Å². The Kier molecular flexibility index (Phi) is 3.51. The van der Waals surface area contributed by atoms with Gasteiger partial charge in [0.25, 0.3) is 0 Å². The van der Waals surface area contributed by atoms with E-state index in [1.165, 1.54) is 40.7 Å². The van der Waals surface area contributed by atoms with E-state index in [0.717, 1.165) is 19.4 Å². The summed E-state index contributed by atoms with van der Waals surface area (Å²) in [7, 11) is 0. The van der Waals surface area contributed by atoms with Crippen LogP contribution in [0, 0.1) is 0 Å². The molecule has 110 valence electrons. The van der Waals surface area contributed by atoms with Crippen LogP contribution in [-0.4, -0.2) is 9.55 Å². The molecule has 0 atom stereocenters. The van der Waals surface area contributed by atoms with Crippen LogP contribution in [0.2, 0.25) is 0 Å². The Morgan fingerprint density at radius 2 is 1.86 bits per heavy atom. The second-order valence-corrected chi connectivity index (χ2v) is 6.08. The van der Waals surface area contributed by atoms with E-state index in [4.69, 9.17) is 0 Å². The molecule has 2 heteroatoms. The smallest absolute Gasteiger partial charge is 0.0945 e. The van der Waals surface area contributed by atoms with Crippen molar-refractivity contribution in [3.8, 4) is 11.1 Å². The molecule has 0 spiro atoms. The molecule has 2 nitrogen and oxygen atoms in total. The van der Waals surface area contributed by atoms with Crippen LogP contribution < -0.4 is 0 Å². The summed E-state index contributed by atoms with van der Waals surface area (Å²) < 4.78 is 2.15. The molecule has 0 radical (unpaired) electrons. The minimum atomic E-state index is 1.06. The molecule has 4 rings (SSSR count). The highest BCUT2D eigenvalue weighted by molar-refractivity contribution is 5.77. The molecular weight excluding hydrogens is 268 g/mol. The van der Waals surface area contributed by atoms with Gasteiger partial charge in [-0.3, -0.25) is 0 Å². The van der Waals surface area contributed by atoms with Crippen molar-refractivity contribution in [2.45, 2.75) is 32.2 Å². The molecule has 1 aromatic heterocycles. The lowest BCUT2D eigenvalue weighted by atomic mass is 10.00. The van der Waals surface area contributed by atoms with Crippen molar-refractivity contribution in [3.63, 3.8) is 0 Å². The summed E-state index contributed by atoms with van der Waals surface area (Å²) in [6.07, 6.45) is 10.4. The molecule has 0 unspecified atom stereocenters. The Hall–Kier alpha value is -2.35. The van der Waals surface area contributed by atoms with Crippen molar-refractivity contribution in [3.05, 3.63) is 77.9 Å². The SMILES string of the molecule is c1ccc2c(c1)Cc1ccc(CCCCn3ccnc3)cc1-2. The van der Waals surface area contributed by atoms with Gasteiger partial charge < -0.3 is 4.57 Å². The minimum absolute atomic E-state index is 1.06. The molecule has 0 saturated heterocycles. The summed E-state index contributed by atoms with van der Waals surface area (Å²) in [5.74, 6) is 0. The number of aromatic nitrogens is 2. The molecule has 0 aliphatic heterocycles. The molecule has 3 aromatic rings. The fraction of sp³-hybridized carbons (Fsp3) is 0.250. The van der Waals surface area contributed by atoms with E-state index >= 15 is 0 Å². The largest absolute Gasteiger partial charge is 0.337 e. The first-order chi connectivity index (χ1) is 10.9. The van der Waals surface area contributed by atoms with Crippen molar-refractivity contribution in [2.24, 2.45) is 0 Å².